The number of rotatable bonds is 9. The van der Waals surface area contributed by atoms with Crippen molar-refractivity contribution in [2.75, 3.05) is 26.8 Å². The van der Waals surface area contributed by atoms with Crippen molar-refractivity contribution in [2.45, 2.75) is 59.3 Å². The van der Waals surface area contributed by atoms with Gasteiger partial charge in [0.1, 0.15) is 0 Å². The van der Waals surface area contributed by atoms with E-state index in [0.29, 0.717) is 0 Å². The molecular weight excluding hydrogens is 234 g/mol. The van der Waals surface area contributed by atoms with Gasteiger partial charge in [-0.2, -0.15) is 0 Å². The highest BCUT2D eigenvalue weighted by molar-refractivity contribution is 4.82. The fraction of sp³-hybridized carbons (Fsp3) is 1.00. The van der Waals surface area contributed by atoms with Crippen LogP contribution in [0.2, 0.25) is 0 Å². The smallest absolute Gasteiger partial charge is 0.0462 e. The van der Waals surface area contributed by atoms with Crippen molar-refractivity contribution < 1.29 is 4.74 Å². The average molecular weight is 269 g/mol. The number of unbranched alkanes of at least 4 members (excludes halogenated alkanes) is 1. The zero-order valence-corrected chi connectivity index (χ0v) is 13.6. The van der Waals surface area contributed by atoms with Gasteiger partial charge in [0.15, 0.2) is 0 Å². The molecular formula is C17H35NO. The van der Waals surface area contributed by atoms with Crippen molar-refractivity contribution in [3.63, 3.8) is 0 Å². The molecule has 0 aromatic heterocycles. The first-order valence-corrected chi connectivity index (χ1v) is 8.38. The zero-order chi connectivity index (χ0) is 14.1. The molecule has 0 aliphatic heterocycles. The molecule has 19 heavy (non-hydrogen) atoms. The zero-order valence-electron chi connectivity index (χ0n) is 13.6. The Kier molecular flexibility index (Phi) is 8.72. The summed E-state index contributed by atoms with van der Waals surface area (Å²) in [6.07, 6.45) is 8.32. The fourth-order valence-corrected chi connectivity index (χ4v) is 3.57. The van der Waals surface area contributed by atoms with Crippen LogP contribution in [0.3, 0.4) is 0 Å². The summed E-state index contributed by atoms with van der Waals surface area (Å²) in [6.45, 7) is 10.3. The molecule has 2 nitrogen and oxygen atoms in total. The second-order valence-corrected chi connectivity index (χ2v) is 6.63. The van der Waals surface area contributed by atoms with E-state index in [1.54, 1.807) is 0 Å². The van der Waals surface area contributed by atoms with Crippen molar-refractivity contribution in [3.8, 4) is 0 Å². The number of methoxy groups -OCH3 is 1. The first kappa shape index (κ1) is 17.0. The minimum atomic E-state index is 0.863. The summed E-state index contributed by atoms with van der Waals surface area (Å²) in [6, 6.07) is 0. The fourth-order valence-electron chi connectivity index (χ4n) is 3.57. The third kappa shape index (κ3) is 6.27. The Morgan fingerprint density at radius 2 is 1.95 bits per heavy atom. The van der Waals surface area contributed by atoms with Gasteiger partial charge in [0, 0.05) is 13.7 Å². The van der Waals surface area contributed by atoms with Crippen LogP contribution in [-0.2, 0) is 4.74 Å². The van der Waals surface area contributed by atoms with E-state index >= 15 is 0 Å². The molecule has 0 bridgehead atoms. The molecule has 3 atom stereocenters. The second kappa shape index (κ2) is 9.77. The van der Waals surface area contributed by atoms with Gasteiger partial charge in [0.25, 0.3) is 0 Å². The molecule has 1 aliphatic rings. The van der Waals surface area contributed by atoms with Gasteiger partial charge in [-0.25, -0.2) is 0 Å². The van der Waals surface area contributed by atoms with E-state index in [1.807, 2.05) is 7.11 Å². The highest BCUT2D eigenvalue weighted by Crippen LogP contribution is 2.39. The molecule has 0 radical (unpaired) electrons. The first-order chi connectivity index (χ1) is 9.19. The molecule has 1 aliphatic carbocycles. The van der Waals surface area contributed by atoms with E-state index in [2.05, 4.69) is 26.1 Å². The van der Waals surface area contributed by atoms with Crippen LogP contribution >= 0.6 is 0 Å². The van der Waals surface area contributed by atoms with Crippen LogP contribution in [0.5, 0.6) is 0 Å². The Bertz CT molecular complexity index is 217. The molecule has 3 unspecified atom stereocenters. The van der Waals surface area contributed by atoms with Gasteiger partial charge in [0.2, 0.25) is 0 Å². The standard InChI is InChI=1S/C17H35NO/c1-5-18-13-17-10-9-15(14(2)3)12-16(17)8-6-7-11-19-4/h14-18H,5-13H2,1-4H3. The van der Waals surface area contributed by atoms with Crippen molar-refractivity contribution >= 4 is 0 Å². The average Bonchev–Trinajstić information content (AvgIpc) is 2.41. The van der Waals surface area contributed by atoms with Crippen molar-refractivity contribution in [2.24, 2.45) is 23.7 Å². The van der Waals surface area contributed by atoms with E-state index in [9.17, 15) is 0 Å². The summed E-state index contributed by atoms with van der Waals surface area (Å²) in [7, 11) is 1.81. The molecule has 1 fully saturated rings. The minimum absolute atomic E-state index is 0.863. The summed E-state index contributed by atoms with van der Waals surface area (Å²) < 4.78 is 5.17. The van der Waals surface area contributed by atoms with Crippen molar-refractivity contribution in [1.29, 1.82) is 0 Å². The van der Waals surface area contributed by atoms with Crippen LogP contribution in [0.15, 0.2) is 0 Å². The molecule has 0 spiro atoms. The maximum absolute atomic E-state index is 5.17. The normalized spacial score (nSPS) is 27.9. The lowest BCUT2D eigenvalue weighted by molar-refractivity contribution is 0.130. The highest BCUT2D eigenvalue weighted by atomic mass is 16.5. The molecule has 0 amide bonds. The van der Waals surface area contributed by atoms with Crippen LogP contribution in [0.25, 0.3) is 0 Å². The van der Waals surface area contributed by atoms with E-state index in [4.69, 9.17) is 4.74 Å². The molecule has 1 saturated carbocycles. The largest absolute Gasteiger partial charge is 0.385 e. The molecule has 0 heterocycles. The SMILES string of the molecule is CCNCC1CCC(C(C)C)CC1CCCCOC. The molecule has 114 valence electrons. The Hall–Kier alpha value is -0.0800. The molecule has 2 heteroatoms. The van der Waals surface area contributed by atoms with Crippen LogP contribution in [0, 0.1) is 23.7 Å². The van der Waals surface area contributed by atoms with Crippen LogP contribution in [0.4, 0.5) is 0 Å². The second-order valence-electron chi connectivity index (χ2n) is 6.63. The van der Waals surface area contributed by atoms with Gasteiger partial charge in [-0.3, -0.25) is 0 Å². The van der Waals surface area contributed by atoms with Crippen LogP contribution < -0.4 is 5.32 Å². The highest BCUT2D eigenvalue weighted by Gasteiger charge is 2.30. The summed E-state index contributed by atoms with van der Waals surface area (Å²) in [5.41, 5.74) is 0. The van der Waals surface area contributed by atoms with Gasteiger partial charge in [-0.05, 0) is 62.4 Å². The molecule has 0 aromatic carbocycles. The van der Waals surface area contributed by atoms with Crippen LogP contribution in [-0.4, -0.2) is 26.8 Å². The number of nitrogens with one attached hydrogen (secondary N) is 1. The topological polar surface area (TPSA) is 21.3 Å². The Morgan fingerprint density at radius 1 is 1.16 bits per heavy atom. The van der Waals surface area contributed by atoms with E-state index in [1.165, 1.54) is 45.1 Å². The molecule has 0 saturated heterocycles. The number of ether oxygens (including phenoxy) is 1. The monoisotopic (exact) mass is 269 g/mol. The maximum atomic E-state index is 5.17. The minimum Gasteiger partial charge on any atom is -0.385 e. The van der Waals surface area contributed by atoms with Gasteiger partial charge in [-0.1, -0.05) is 33.6 Å². The Labute approximate surface area is 120 Å². The lowest BCUT2D eigenvalue weighted by atomic mass is 9.69. The third-order valence-electron chi connectivity index (χ3n) is 4.95. The van der Waals surface area contributed by atoms with Crippen molar-refractivity contribution in [3.05, 3.63) is 0 Å². The lowest BCUT2D eigenvalue weighted by Crippen LogP contribution is -2.34. The van der Waals surface area contributed by atoms with Crippen molar-refractivity contribution in [1.82, 2.24) is 5.32 Å². The van der Waals surface area contributed by atoms with Gasteiger partial charge in [-0.15, -0.1) is 0 Å². The number of hydrogen-bond acceptors (Lipinski definition) is 2. The lowest BCUT2D eigenvalue weighted by Gasteiger charge is -2.38. The number of hydrogen-bond donors (Lipinski definition) is 1. The molecule has 1 N–H and O–H groups in total. The van der Waals surface area contributed by atoms with Crippen LogP contribution in [0.1, 0.15) is 59.3 Å². The molecule has 0 aromatic rings. The Balaban J connectivity index is 2.40. The summed E-state index contributed by atoms with van der Waals surface area (Å²) in [5, 5.41) is 3.57. The quantitative estimate of drug-likeness (QED) is 0.636. The van der Waals surface area contributed by atoms with Gasteiger partial charge >= 0.3 is 0 Å². The third-order valence-corrected chi connectivity index (χ3v) is 4.95. The van der Waals surface area contributed by atoms with E-state index in [-0.39, 0.29) is 0 Å². The van der Waals surface area contributed by atoms with E-state index < -0.39 is 0 Å². The van der Waals surface area contributed by atoms with Gasteiger partial charge < -0.3 is 10.1 Å². The summed E-state index contributed by atoms with van der Waals surface area (Å²) in [4.78, 5) is 0. The summed E-state index contributed by atoms with van der Waals surface area (Å²) in [5.74, 6) is 3.68. The molecule has 1 rings (SSSR count). The Morgan fingerprint density at radius 3 is 2.58 bits per heavy atom. The summed E-state index contributed by atoms with van der Waals surface area (Å²) >= 11 is 0. The first-order valence-electron chi connectivity index (χ1n) is 8.38. The van der Waals surface area contributed by atoms with Gasteiger partial charge in [0.05, 0.1) is 0 Å². The predicted octanol–water partition coefficient (Wildman–Crippen LogP) is 4.10. The maximum Gasteiger partial charge on any atom is 0.0462 e. The van der Waals surface area contributed by atoms with E-state index in [0.717, 1.165) is 36.8 Å². The predicted molar refractivity (Wildman–Crippen MR) is 83.4 cm³/mol.